The first-order valence-electron chi connectivity index (χ1n) is 7.43. The Balaban J connectivity index is 1.74. The third-order valence-corrected chi connectivity index (χ3v) is 4.22. The van der Waals surface area contributed by atoms with Crippen molar-refractivity contribution in [1.29, 1.82) is 0 Å². The second kappa shape index (κ2) is 6.54. The number of furan rings is 1. The summed E-state index contributed by atoms with van der Waals surface area (Å²) in [6, 6.07) is 7.09. The number of ether oxygens (including phenoxy) is 2. The fourth-order valence-corrected chi connectivity index (χ4v) is 2.79. The molecule has 122 valence electrons. The third kappa shape index (κ3) is 3.29. The highest BCUT2D eigenvalue weighted by Gasteiger charge is 2.22. The molecule has 1 aromatic heterocycles. The molecule has 1 aliphatic heterocycles. The van der Waals surface area contributed by atoms with Crippen LogP contribution in [-0.4, -0.2) is 31.1 Å². The molecule has 23 heavy (non-hydrogen) atoms. The number of hydrogen-bond donors (Lipinski definition) is 0. The van der Waals surface area contributed by atoms with E-state index in [-0.39, 0.29) is 18.4 Å². The molecule has 3 rings (SSSR count). The molecule has 0 fully saturated rings. The molecule has 0 aliphatic carbocycles. The molecule has 1 aliphatic rings. The summed E-state index contributed by atoms with van der Waals surface area (Å²) in [5, 5.41) is 0.465. The molecule has 0 spiro atoms. The number of benzene rings is 1. The van der Waals surface area contributed by atoms with E-state index in [9.17, 15) is 4.79 Å². The van der Waals surface area contributed by atoms with Gasteiger partial charge in [-0.05, 0) is 36.8 Å². The minimum atomic E-state index is -0.134. The van der Waals surface area contributed by atoms with E-state index in [1.54, 1.807) is 24.3 Å². The lowest BCUT2D eigenvalue weighted by molar-refractivity contribution is -0.131. The summed E-state index contributed by atoms with van der Waals surface area (Å²) < 4.78 is 16.4. The van der Waals surface area contributed by atoms with Crippen molar-refractivity contribution < 1.29 is 18.7 Å². The first kappa shape index (κ1) is 15.7. The first-order valence-corrected chi connectivity index (χ1v) is 7.81. The Bertz CT molecular complexity index is 699. The second-order valence-corrected chi connectivity index (χ2v) is 5.88. The zero-order valence-electron chi connectivity index (χ0n) is 13.0. The molecule has 0 saturated heterocycles. The van der Waals surface area contributed by atoms with Crippen LogP contribution in [0.4, 0.5) is 0 Å². The lowest BCUT2D eigenvalue weighted by Crippen LogP contribution is -2.30. The van der Waals surface area contributed by atoms with Crippen molar-refractivity contribution in [2.24, 2.45) is 0 Å². The molecule has 1 atom stereocenters. The van der Waals surface area contributed by atoms with Crippen LogP contribution in [0.3, 0.4) is 0 Å². The number of halogens is 1. The summed E-state index contributed by atoms with van der Waals surface area (Å²) in [5.74, 6) is 1.86. The van der Waals surface area contributed by atoms with Crippen LogP contribution in [0.5, 0.6) is 11.5 Å². The van der Waals surface area contributed by atoms with E-state index in [1.807, 2.05) is 25.1 Å². The van der Waals surface area contributed by atoms with E-state index in [0.29, 0.717) is 29.7 Å². The van der Waals surface area contributed by atoms with Gasteiger partial charge in [0, 0.05) is 7.05 Å². The minimum Gasteiger partial charge on any atom is -0.486 e. The Morgan fingerprint density at radius 2 is 2.13 bits per heavy atom. The SMILES string of the molecule is CC(c1ccco1)N(C)C(=O)Cc1cc(Cl)c2c(c1)OCCO2. The number of nitrogens with zero attached hydrogens (tertiary/aromatic N) is 1. The maximum absolute atomic E-state index is 12.5. The predicted molar refractivity (Wildman–Crippen MR) is 86.0 cm³/mol. The molecule has 1 aromatic carbocycles. The Kier molecular flexibility index (Phi) is 4.48. The van der Waals surface area contributed by atoms with Gasteiger partial charge in [0.05, 0.1) is 23.7 Å². The van der Waals surface area contributed by atoms with E-state index in [2.05, 4.69) is 0 Å². The van der Waals surface area contributed by atoms with Crippen LogP contribution < -0.4 is 9.47 Å². The van der Waals surface area contributed by atoms with E-state index < -0.39 is 0 Å². The smallest absolute Gasteiger partial charge is 0.227 e. The summed E-state index contributed by atoms with van der Waals surface area (Å²) in [6.45, 7) is 2.89. The van der Waals surface area contributed by atoms with Crippen LogP contribution in [0.2, 0.25) is 5.02 Å². The highest BCUT2D eigenvalue weighted by Crippen LogP contribution is 2.38. The molecule has 0 radical (unpaired) electrons. The molecular formula is C17H18ClNO4. The number of likely N-dealkylation sites (N-methyl/N-ethyl adjacent to an activating group) is 1. The average Bonchev–Trinajstić information content (AvgIpc) is 3.08. The fourth-order valence-electron chi connectivity index (χ4n) is 2.50. The molecule has 0 saturated carbocycles. The molecule has 5 nitrogen and oxygen atoms in total. The van der Waals surface area contributed by atoms with Gasteiger partial charge in [0.1, 0.15) is 19.0 Å². The zero-order valence-corrected chi connectivity index (χ0v) is 13.8. The lowest BCUT2D eigenvalue weighted by atomic mass is 10.1. The normalized spacial score (nSPS) is 14.4. The van der Waals surface area contributed by atoms with Gasteiger partial charge in [-0.15, -0.1) is 0 Å². The predicted octanol–water partition coefficient (Wildman–Crippen LogP) is 3.47. The molecule has 2 heterocycles. The average molecular weight is 336 g/mol. The summed E-state index contributed by atoms with van der Waals surface area (Å²) in [7, 11) is 1.76. The molecular weight excluding hydrogens is 318 g/mol. The Hall–Kier alpha value is -2.14. The Morgan fingerprint density at radius 1 is 1.35 bits per heavy atom. The van der Waals surface area contributed by atoms with Gasteiger partial charge >= 0.3 is 0 Å². The number of carbonyl (C=O) groups excluding carboxylic acids is 1. The largest absolute Gasteiger partial charge is 0.486 e. The molecule has 6 heteroatoms. The standard InChI is InChI=1S/C17H18ClNO4/c1-11(14-4-3-5-21-14)19(2)16(20)10-12-8-13(18)17-15(9-12)22-6-7-23-17/h3-5,8-9,11H,6-7,10H2,1-2H3. The van der Waals surface area contributed by atoms with Gasteiger partial charge in [-0.3, -0.25) is 4.79 Å². The number of amides is 1. The van der Waals surface area contributed by atoms with Crippen LogP contribution >= 0.6 is 11.6 Å². The highest BCUT2D eigenvalue weighted by molar-refractivity contribution is 6.32. The minimum absolute atomic E-state index is 0.0263. The zero-order chi connectivity index (χ0) is 16.4. The van der Waals surface area contributed by atoms with Gasteiger partial charge < -0.3 is 18.8 Å². The third-order valence-electron chi connectivity index (χ3n) is 3.94. The van der Waals surface area contributed by atoms with Crippen molar-refractivity contribution in [1.82, 2.24) is 4.90 Å². The number of carbonyl (C=O) groups is 1. The monoisotopic (exact) mass is 335 g/mol. The summed E-state index contributed by atoms with van der Waals surface area (Å²) >= 11 is 6.21. The molecule has 1 unspecified atom stereocenters. The quantitative estimate of drug-likeness (QED) is 0.858. The highest BCUT2D eigenvalue weighted by atomic mass is 35.5. The second-order valence-electron chi connectivity index (χ2n) is 5.47. The van der Waals surface area contributed by atoms with Crippen molar-refractivity contribution in [3.8, 4) is 11.5 Å². The maximum Gasteiger partial charge on any atom is 0.227 e. The van der Waals surface area contributed by atoms with Gasteiger partial charge in [0.2, 0.25) is 5.91 Å². The lowest BCUT2D eigenvalue weighted by Gasteiger charge is -2.24. The fraction of sp³-hybridized carbons (Fsp3) is 0.353. The van der Waals surface area contributed by atoms with Crippen LogP contribution in [0, 0.1) is 0 Å². The van der Waals surface area contributed by atoms with Crippen molar-refractivity contribution in [3.05, 3.63) is 46.9 Å². The van der Waals surface area contributed by atoms with Crippen molar-refractivity contribution in [2.45, 2.75) is 19.4 Å². The van der Waals surface area contributed by atoms with Crippen LogP contribution in [0.25, 0.3) is 0 Å². The summed E-state index contributed by atoms with van der Waals surface area (Å²) in [6.07, 6.45) is 1.84. The number of fused-ring (bicyclic) bond motifs is 1. The van der Waals surface area contributed by atoms with Gasteiger partial charge in [-0.1, -0.05) is 11.6 Å². The Morgan fingerprint density at radius 3 is 2.87 bits per heavy atom. The van der Waals surface area contributed by atoms with Crippen LogP contribution in [0.15, 0.2) is 34.9 Å². The summed E-state index contributed by atoms with van der Waals surface area (Å²) in [4.78, 5) is 14.2. The van der Waals surface area contributed by atoms with Crippen LogP contribution in [0.1, 0.15) is 24.3 Å². The van der Waals surface area contributed by atoms with Crippen LogP contribution in [-0.2, 0) is 11.2 Å². The number of hydrogen-bond acceptors (Lipinski definition) is 4. The first-order chi connectivity index (χ1) is 11.1. The Labute approximate surface area is 139 Å². The van der Waals surface area contributed by atoms with Gasteiger partial charge in [-0.2, -0.15) is 0 Å². The van der Waals surface area contributed by atoms with E-state index in [0.717, 1.165) is 11.3 Å². The maximum atomic E-state index is 12.5. The number of rotatable bonds is 4. The topological polar surface area (TPSA) is 51.9 Å². The molecule has 1 amide bonds. The van der Waals surface area contributed by atoms with Crippen molar-refractivity contribution >= 4 is 17.5 Å². The summed E-state index contributed by atoms with van der Waals surface area (Å²) in [5.41, 5.74) is 0.794. The molecule has 2 aromatic rings. The van der Waals surface area contributed by atoms with Crippen molar-refractivity contribution in [3.63, 3.8) is 0 Å². The molecule has 0 bridgehead atoms. The molecule has 0 N–H and O–H groups in total. The van der Waals surface area contributed by atoms with Gasteiger partial charge in [-0.25, -0.2) is 0 Å². The van der Waals surface area contributed by atoms with E-state index in [1.165, 1.54) is 0 Å². The van der Waals surface area contributed by atoms with Crippen molar-refractivity contribution in [2.75, 3.05) is 20.3 Å². The van der Waals surface area contributed by atoms with E-state index >= 15 is 0 Å². The van der Waals surface area contributed by atoms with Gasteiger partial charge in [0.25, 0.3) is 0 Å². The van der Waals surface area contributed by atoms with E-state index in [4.69, 9.17) is 25.5 Å². The van der Waals surface area contributed by atoms with Gasteiger partial charge in [0.15, 0.2) is 11.5 Å².